The molecule has 0 saturated carbocycles. The summed E-state index contributed by atoms with van der Waals surface area (Å²) in [6, 6.07) is 0. The number of nitrogens with zero attached hydrogens (tertiary/aromatic N) is 2. The van der Waals surface area contributed by atoms with Gasteiger partial charge in [-0.05, 0) is 44.4 Å². The van der Waals surface area contributed by atoms with Crippen LogP contribution in [0.2, 0.25) is 0 Å². The van der Waals surface area contributed by atoms with Gasteiger partial charge in [0, 0.05) is 31.7 Å². The lowest BCUT2D eigenvalue weighted by atomic mass is 9.84. The summed E-state index contributed by atoms with van der Waals surface area (Å²) in [5.74, 6) is -0.135. The molecule has 7 nitrogen and oxygen atoms in total. The maximum absolute atomic E-state index is 12.9. The number of amides is 1. The van der Waals surface area contributed by atoms with E-state index < -0.39 is 11.9 Å². The number of carbonyl (C=O) groups is 2. The third kappa shape index (κ3) is 3.24. The van der Waals surface area contributed by atoms with Crippen molar-refractivity contribution in [2.45, 2.75) is 57.5 Å². The van der Waals surface area contributed by atoms with E-state index in [4.69, 9.17) is 9.26 Å². The first-order valence-electron chi connectivity index (χ1n) is 9.76. The predicted octanol–water partition coefficient (Wildman–Crippen LogP) is 2.29. The lowest BCUT2D eigenvalue weighted by Gasteiger charge is -2.35. The predicted molar refractivity (Wildman–Crippen MR) is 91.9 cm³/mol. The molecule has 1 N–H and O–H groups in total. The number of carbonyl (C=O) groups excluding carboxylic acids is 1. The first kappa shape index (κ1) is 17.5. The Balaban J connectivity index is 1.40. The Hall–Kier alpha value is -1.89. The van der Waals surface area contributed by atoms with Gasteiger partial charge in [0.15, 0.2) is 5.69 Å². The smallest absolute Gasteiger partial charge is 0.309 e. The lowest BCUT2D eigenvalue weighted by molar-refractivity contribution is -0.145. The molecule has 2 fully saturated rings. The molecule has 26 heavy (non-hydrogen) atoms. The van der Waals surface area contributed by atoms with Gasteiger partial charge in [-0.2, -0.15) is 0 Å². The number of carboxylic acid groups (broad SMARTS) is 1. The van der Waals surface area contributed by atoms with E-state index in [1.807, 2.05) is 4.90 Å². The quantitative estimate of drug-likeness (QED) is 0.829. The maximum atomic E-state index is 12.9. The van der Waals surface area contributed by atoms with E-state index in [0.717, 1.165) is 56.3 Å². The van der Waals surface area contributed by atoms with E-state index in [9.17, 15) is 14.7 Å². The van der Waals surface area contributed by atoms with Crippen molar-refractivity contribution in [3.63, 3.8) is 0 Å². The van der Waals surface area contributed by atoms with E-state index >= 15 is 0 Å². The minimum absolute atomic E-state index is 0.0440. The molecule has 3 heterocycles. The van der Waals surface area contributed by atoms with Crippen molar-refractivity contribution in [3.8, 4) is 0 Å². The van der Waals surface area contributed by atoms with Gasteiger partial charge in [-0.3, -0.25) is 9.59 Å². The van der Waals surface area contributed by atoms with Gasteiger partial charge in [0.25, 0.3) is 5.91 Å². The number of aryl methyl sites for hydroxylation is 1. The molecule has 1 aromatic heterocycles. The van der Waals surface area contributed by atoms with Gasteiger partial charge >= 0.3 is 5.97 Å². The Kier molecular flexibility index (Phi) is 4.98. The standard InChI is InChI=1S/C19H26N2O5/c22-18(16-13-4-2-1-3-5-15(13)26-20-16)21-9-6-12(7-10-21)17-14(19(23)24)8-11-25-17/h12,14,17H,1-11H2,(H,23,24)/t14?,17-/m0/s1. The number of hydrogen-bond donors (Lipinski definition) is 1. The van der Waals surface area contributed by atoms with Crippen LogP contribution in [0.3, 0.4) is 0 Å². The van der Waals surface area contributed by atoms with E-state index in [2.05, 4.69) is 5.16 Å². The molecule has 1 amide bonds. The number of rotatable bonds is 3. The third-order valence-corrected chi connectivity index (χ3v) is 6.15. The van der Waals surface area contributed by atoms with Gasteiger partial charge in [-0.1, -0.05) is 11.6 Å². The summed E-state index contributed by atoms with van der Waals surface area (Å²) >= 11 is 0. The minimum atomic E-state index is -0.767. The minimum Gasteiger partial charge on any atom is -0.481 e. The molecule has 0 spiro atoms. The maximum Gasteiger partial charge on any atom is 0.309 e. The summed E-state index contributed by atoms with van der Waals surface area (Å²) in [6.07, 6.45) is 6.99. The van der Waals surface area contributed by atoms with Crippen molar-refractivity contribution in [1.29, 1.82) is 0 Å². The average molecular weight is 362 g/mol. The Labute approximate surface area is 152 Å². The summed E-state index contributed by atoms with van der Waals surface area (Å²) in [4.78, 5) is 26.1. The molecule has 2 atom stereocenters. The molecular weight excluding hydrogens is 336 g/mol. The molecule has 0 aromatic carbocycles. The Morgan fingerprint density at radius 2 is 1.85 bits per heavy atom. The zero-order chi connectivity index (χ0) is 18.1. The van der Waals surface area contributed by atoms with Gasteiger partial charge in [-0.15, -0.1) is 0 Å². The summed E-state index contributed by atoms with van der Waals surface area (Å²) in [5.41, 5.74) is 1.49. The average Bonchev–Trinajstić information content (AvgIpc) is 3.23. The summed E-state index contributed by atoms with van der Waals surface area (Å²) in [7, 11) is 0. The molecule has 1 aromatic rings. The fourth-order valence-electron chi connectivity index (χ4n) is 4.65. The van der Waals surface area contributed by atoms with Gasteiger partial charge in [0.1, 0.15) is 5.76 Å². The van der Waals surface area contributed by atoms with Crippen molar-refractivity contribution in [2.75, 3.05) is 19.7 Å². The molecule has 3 aliphatic rings. The second kappa shape index (κ2) is 7.39. The van der Waals surface area contributed by atoms with Gasteiger partial charge in [-0.25, -0.2) is 0 Å². The number of fused-ring (bicyclic) bond motifs is 1. The molecular formula is C19H26N2O5. The van der Waals surface area contributed by atoms with E-state index in [1.54, 1.807) is 0 Å². The highest BCUT2D eigenvalue weighted by molar-refractivity contribution is 5.94. The number of carboxylic acids is 1. The van der Waals surface area contributed by atoms with Gasteiger partial charge < -0.3 is 19.3 Å². The first-order valence-corrected chi connectivity index (χ1v) is 9.76. The number of aliphatic carboxylic acids is 1. The van der Waals surface area contributed by atoms with E-state index in [-0.39, 0.29) is 17.9 Å². The highest BCUT2D eigenvalue weighted by atomic mass is 16.5. The Morgan fingerprint density at radius 3 is 2.62 bits per heavy atom. The molecule has 2 saturated heterocycles. The van der Waals surface area contributed by atoms with Crippen LogP contribution in [0.25, 0.3) is 0 Å². The van der Waals surface area contributed by atoms with Gasteiger partial charge in [0.2, 0.25) is 0 Å². The van der Waals surface area contributed by atoms with Crippen LogP contribution in [0.15, 0.2) is 4.52 Å². The molecule has 7 heteroatoms. The van der Waals surface area contributed by atoms with Crippen LogP contribution in [0.5, 0.6) is 0 Å². The van der Waals surface area contributed by atoms with Crippen molar-refractivity contribution in [2.24, 2.45) is 11.8 Å². The SMILES string of the molecule is O=C(O)C1CCO[C@H]1C1CCN(C(=O)c2noc3c2CCCCC3)CC1. The van der Waals surface area contributed by atoms with Crippen LogP contribution in [-0.2, 0) is 22.4 Å². The molecule has 1 aliphatic carbocycles. The second-order valence-corrected chi connectivity index (χ2v) is 7.69. The zero-order valence-corrected chi connectivity index (χ0v) is 15.0. The normalized spacial score (nSPS) is 27.2. The van der Waals surface area contributed by atoms with Crippen molar-refractivity contribution in [3.05, 3.63) is 17.0 Å². The Bertz CT molecular complexity index is 677. The zero-order valence-electron chi connectivity index (χ0n) is 15.0. The molecule has 142 valence electrons. The van der Waals surface area contributed by atoms with Gasteiger partial charge in [0.05, 0.1) is 12.0 Å². The van der Waals surface area contributed by atoms with Crippen molar-refractivity contribution < 1.29 is 24.0 Å². The van der Waals surface area contributed by atoms with Crippen molar-refractivity contribution in [1.82, 2.24) is 10.1 Å². The van der Waals surface area contributed by atoms with Crippen LogP contribution in [0.1, 0.15) is 60.3 Å². The molecule has 0 radical (unpaired) electrons. The fourth-order valence-corrected chi connectivity index (χ4v) is 4.65. The van der Waals surface area contributed by atoms with E-state index in [1.165, 1.54) is 0 Å². The van der Waals surface area contributed by atoms with Crippen LogP contribution in [0, 0.1) is 11.8 Å². The summed E-state index contributed by atoms with van der Waals surface area (Å²) in [5, 5.41) is 13.4. The highest BCUT2D eigenvalue weighted by Crippen LogP contribution is 2.34. The number of piperidine rings is 1. The molecule has 4 rings (SSSR count). The number of likely N-dealkylation sites (tertiary alicyclic amines) is 1. The van der Waals surface area contributed by atoms with Crippen LogP contribution >= 0.6 is 0 Å². The van der Waals surface area contributed by atoms with Crippen molar-refractivity contribution >= 4 is 11.9 Å². The highest BCUT2D eigenvalue weighted by Gasteiger charge is 2.41. The van der Waals surface area contributed by atoms with Crippen LogP contribution < -0.4 is 0 Å². The summed E-state index contributed by atoms with van der Waals surface area (Å²) in [6.45, 7) is 1.76. The monoisotopic (exact) mass is 362 g/mol. The van der Waals surface area contributed by atoms with Crippen LogP contribution in [0.4, 0.5) is 0 Å². The third-order valence-electron chi connectivity index (χ3n) is 6.15. The fraction of sp³-hybridized carbons (Fsp3) is 0.737. The molecule has 2 aliphatic heterocycles. The molecule has 0 bridgehead atoms. The van der Waals surface area contributed by atoms with E-state index in [0.29, 0.717) is 31.8 Å². The Morgan fingerprint density at radius 1 is 1.08 bits per heavy atom. The topological polar surface area (TPSA) is 92.9 Å². The lowest BCUT2D eigenvalue weighted by Crippen LogP contribution is -2.43. The number of aromatic nitrogens is 1. The summed E-state index contributed by atoms with van der Waals surface area (Å²) < 4.78 is 11.2. The molecule has 1 unspecified atom stereocenters. The first-order chi connectivity index (χ1) is 12.6. The van der Waals surface area contributed by atoms with Crippen LogP contribution in [-0.4, -0.2) is 52.8 Å². The number of ether oxygens (including phenoxy) is 1. The largest absolute Gasteiger partial charge is 0.481 e. The number of hydrogen-bond acceptors (Lipinski definition) is 5. The second-order valence-electron chi connectivity index (χ2n) is 7.69.